The Hall–Kier alpha value is -2.13. The molecule has 0 bridgehead atoms. The highest BCUT2D eigenvalue weighted by Gasteiger charge is 2.19. The van der Waals surface area contributed by atoms with Gasteiger partial charge in [-0.15, -0.1) is 0 Å². The van der Waals surface area contributed by atoms with Crippen molar-refractivity contribution >= 4 is 29.0 Å². The second-order valence-electron chi connectivity index (χ2n) is 5.37. The van der Waals surface area contributed by atoms with Gasteiger partial charge in [0.15, 0.2) is 5.78 Å². The number of nitrogens with zero attached hydrogens (tertiary/aromatic N) is 2. The van der Waals surface area contributed by atoms with Gasteiger partial charge in [-0.25, -0.2) is 4.68 Å². The van der Waals surface area contributed by atoms with Crippen molar-refractivity contribution in [1.29, 1.82) is 0 Å². The number of hydrogen-bond acceptors (Lipinski definition) is 2. The van der Waals surface area contributed by atoms with Gasteiger partial charge in [0.1, 0.15) is 0 Å². The number of aromatic nitrogens is 2. The number of Topliss-reactive ketones (excluding diaryl/α,β-unsaturated/α-hetero) is 1. The third-order valence-corrected chi connectivity index (χ3v) is 4.16. The van der Waals surface area contributed by atoms with Gasteiger partial charge in [0.25, 0.3) is 0 Å². The van der Waals surface area contributed by atoms with Crippen LogP contribution in [0.15, 0.2) is 42.1 Å². The lowest BCUT2D eigenvalue weighted by Crippen LogP contribution is -2.01. The zero-order valence-electron chi connectivity index (χ0n) is 12.6. The number of allylic oxidation sites excluding steroid dienone is 3. The Morgan fingerprint density at radius 1 is 1.32 bits per heavy atom. The molecule has 3 nitrogen and oxygen atoms in total. The molecule has 1 aliphatic rings. The van der Waals surface area contributed by atoms with E-state index in [4.69, 9.17) is 11.6 Å². The van der Waals surface area contributed by atoms with E-state index >= 15 is 0 Å². The molecule has 0 aliphatic heterocycles. The summed E-state index contributed by atoms with van der Waals surface area (Å²) < 4.78 is 1.86. The van der Waals surface area contributed by atoms with E-state index in [1.807, 2.05) is 35.0 Å². The molecule has 1 aliphatic carbocycles. The Labute approximate surface area is 134 Å². The fourth-order valence-corrected chi connectivity index (χ4v) is 2.79. The first kappa shape index (κ1) is 14.8. The summed E-state index contributed by atoms with van der Waals surface area (Å²) in [5.74, 6) is 0.0719. The van der Waals surface area contributed by atoms with E-state index < -0.39 is 0 Å². The Morgan fingerprint density at radius 3 is 2.68 bits per heavy atom. The SMILES string of the molecule is CCC1=Cc2c(cnn2-c2ccc(Cl)cc2)C(C(C)=O)=CC1. The summed E-state index contributed by atoms with van der Waals surface area (Å²) in [6, 6.07) is 7.54. The number of rotatable bonds is 3. The van der Waals surface area contributed by atoms with Gasteiger partial charge >= 0.3 is 0 Å². The van der Waals surface area contributed by atoms with Gasteiger partial charge in [-0.3, -0.25) is 4.79 Å². The van der Waals surface area contributed by atoms with Gasteiger partial charge in [-0.1, -0.05) is 30.2 Å². The number of hydrogen-bond donors (Lipinski definition) is 0. The summed E-state index contributed by atoms with van der Waals surface area (Å²) in [4.78, 5) is 12.0. The standard InChI is InChI=1S/C18H17ClN2O/c1-3-13-4-9-16(12(2)22)17-11-20-21(18(17)10-13)15-7-5-14(19)6-8-15/h5-11H,3-4H2,1-2H3. The van der Waals surface area contributed by atoms with Crippen LogP contribution in [0.5, 0.6) is 0 Å². The van der Waals surface area contributed by atoms with E-state index in [0.717, 1.165) is 35.4 Å². The molecule has 3 rings (SSSR count). The molecule has 22 heavy (non-hydrogen) atoms. The molecule has 112 valence electrons. The topological polar surface area (TPSA) is 34.9 Å². The number of carbonyl (C=O) groups excluding carboxylic acids is 1. The van der Waals surface area contributed by atoms with Crippen molar-refractivity contribution in [3.05, 3.63) is 58.4 Å². The van der Waals surface area contributed by atoms with Crippen LogP contribution in [-0.4, -0.2) is 15.6 Å². The first-order chi connectivity index (χ1) is 10.6. The highest BCUT2D eigenvalue weighted by Crippen LogP contribution is 2.30. The summed E-state index contributed by atoms with van der Waals surface area (Å²) in [7, 11) is 0. The Balaban J connectivity index is 2.19. The van der Waals surface area contributed by atoms with E-state index in [2.05, 4.69) is 18.1 Å². The average molecular weight is 313 g/mol. The van der Waals surface area contributed by atoms with Crippen molar-refractivity contribution in [2.45, 2.75) is 26.7 Å². The molecular weight excluding hydrogens is 296 g/mol. The van der Waals surface area contributed by atoms with Crippen LogP contribution >= 0.6 is 11.6 Å². The van der Waals surface area contributed by atoms with Gasteiger partial charge in [0, 0.05) is 16.2 Å². The fraction of sp³-hybridized carbons (Fsp3) is 0.222. The highest BCUT2D eigenvalue weighted by molar-refractivity contribution is 6.30. The number of benzene rings is 1. The lowest BCUT2D eigenvalue weighted by atomic mass is 10.0. The maximum absolute atomic E-state index is 12.0. The minimum absolute atomic E-state index is 0.0719. The van der Waals surface area contributed by atoms with E-state index in [1.54, 1.807) is 13.1 Å². The van der Waals surface area contributed by atoms with Crippen molar-refractivity contribution in [1.82, 2.24) is 9.78 Å². The molecule has 1 aromatic heterocycles. The zero-order valence-corrected chi connectivity index (χ0v) is 13.4. The lowest BCUT2D eigenvalue weighted by molar-refractivity contribution is -0.111. The predicted molar refractivity (Wildman–Crippen MR) is 90.1 cm³/mol. The Kier molecular flexibility index (Phi) is 3.99. The monoisotopic (exact) mass is 312 g/mol. The molecule has 0 unspecified atom stereocenters. The average Bonchev–Trinajstić information content (AvgIpc) is 2.80. The van der Waals surface area contributed by atoms with Crippen LogP contribution in [0.2, 0.25) is 5.02 Å². The number of halogens is 1. The van der Waals surface area contributed by atoms with E-state index in [-0.39, 0.29) is 5.78 Å². The second kappa shape index (κ2) is 5.93. The Morgan fingerprint density at radius 2 is 2.05 bits per heavy atom. The molecule has 0 radical (unpaired) electrons. The van der Waals surface area contributed by atoms with Crippen LogP contribution in [0.25, 0.3) is 17.3 Å². The molecule has 4 heteroatoms. The molecule has 0 atom stereocenters. The summed E-state index contributed by atoms with van der Waals surface area (Å²) >= 11 is 5.96. The summed E-state index contributed by atoms with van der Waals surface area (Å²) in [5.41, 5.74) is 4.81. The fourth-order valence-electron chi connectivity index (χ4n) is 2.67. The van der Waals surface area contributed by atoms with Crippen LogP contribution in [0.4, 0.5) is 0 Å². The van der Waals surface area contributed by atoms with Gasteiger partial charge in [-0.05, 0) is 50.1 Å². The van der Waals surface area contributed by atoms with Gasteiger partial charge in [0.2, 0.25) is 0 Å². The normalized spacial score (nSPS) is 14.0. The van der Waals surface area contributed by atoms with Gasteiger partial charge in [-0.2, -0.15) is 5.10 Å². The molecule has 0 saturated carbocycles. The third kappa shape index (κ3) is 2.64. The van der Waals surface area contributed by atoms with Crippen molar-refractivity contribution in [2.75, 3.05) is 0 Å². The minimum atomic E-state index is 0.0719. The van der Waals surface area contributed by atoms with Crippen molar-refractivity contribution in [3.8, 4) is 5.69 Å². The van der Waals surface area contributed by atoms with Crippen LogP contribution in [0.3, 0.4) is 0 Å². The van der Waals surface area contributed by atoms with Gasteiger partial charge in [0.05, 0.1) is 17.6 Å². The lowest BCUT2D eigenvalue weighted by Gasteiger charge is -2.07. The molecule has 1 aromatic carbocycles. The Bertz CT molecular complexity index is 782. The maximum Gasteiger partial charge on any atom is 0.160 e. The maximum atomic E-state index is 12.0. The largest absolute Gasteiger partial charge is 0.294 e. The number of fused-ring (bicyclic) bond motifs is 1. The quantitative estimate of drug-likeness (QED) is 0.823. The number of carbonyl (C=O) groups is 1. The molecule has 0 saturated heterocycles. The van der Waals surface area contributed by atoms with Crippen molar-refractivity contribution in [3.63, 3.8) is 0 Å². The first-order valence-electron chi connectivity index (χ1n) is 7.35. The van der Waals surface area contributed by atoms with Crippen LogP contribution in [0.1, 0.15) is 37.9 Å². The van der Waals surface area contributed by atoms with E-state index in [9.17, 15) is 4.79 Å². The summed E-state index contributed by atoms with van der Waals surface area (Å²) in [5, 5.41) is 5.17. The van der Waals surface area contributed by atoms with E-state index in [0.29, 0.717) is 5.02 Å². The highest BCUT2D eigenvalue weighted by atomic mass is 35.5. The van der Waals surface area contributed by atoms with E-state index in [1.165, 1.54) is 5.57 Å². The second-order valence-corrected chi connectivity index (χ2v) is 5.80. The first-order valence-corrected chi connectivity index (χ1v) is 7.73. The van der Waals surface area contributed by atoms with Gasteiger partial charge < -0.3 is 0 Å². The molecule has 0 fully saturated rings. The van der Waals surface area contributed by atoms with Crippen molar-refractivity contribution < 1.29 is 4.79 Å². The van der Waals surface area contributed by atoms with Crippen LogP contribution in [-0.2, 0) is 4.79 Å². The summed E-state index contributed by atoms with van der Waals surface area (Å²) in [6.45, 7) is 3.73. The molecule has 0 amide bonds. The van der Waals surface area contributed by atoms with Crippen LogP contribution in [0, 0.1) is 0 Å². The molecule has 0 N–H and O–H groups in total. The van der Waals surface area contributed by atoms with Crippen molar-refractivity contribution in [2.24, 2.45) is 0 Å². The molecule has 2 aromatic rings. The third-order valence-electron chi connectivity index (χ3n) is 3.91. The minimum Gasteiger partial charge on any atom is -0.294 e. The molecule has 1 heterocycles. The zero-order chi connectivity index (χ0) is 15.7. The van der Waals surface area contributed by atoms with Crippen LogP contribution < -0.4 is 0 Å². The smallest absolute Gasteiger partial charge is 0.160 e. The molecular formula is C18H17ClN2O. The summed E-state index contributed by atoms with van der Waals surface area (Å²) in [6.07, 6.45) is 7.68. The number of ketones is 1. The predicted octanol–water partition coefficient (Wildman–Crippen LogP) is 4.70. The molecule has 0 spiro atoms.